The van der Waals surface area contributed by atoms with Gasteiger partial charge in [-0.1, -0.05) is 11.6 Å². The highest BCUT2D eigenvalue weighted by atomic mass is 35.5. The molecule has 0 heterocycles. The molecule has 0 fully saturated rings. The number of carbonyl (C=O) groups excluding carboxylic acids is 1. The van der Waals surface area contributed by atoms with E-state index < -0.39 is 17.6 Å². The largest absolute Gasteiger partial charge is 0.466 e. The number of benzene rings is 1. The predicted molar refractivity (Wildman–Crippen MR) is 51.7 cm³/mol. The van der Waals surface area contributed by atoms with Crippen LogP contribution in [0.3, 0.4) is 0 Å². The van der Waals surface area contributed by atoms with E-state index in [0.717, 1.165) is 6.07 Å². The van der Waals surface area contributed by atoms with Gasteiger partial charge in [0, 0.05) is 10.6 Å². The Balaban J connectivity index is 2.89. The van der Waals surface area contributed by atoms with Gasteiger partial charge in [0.15, 0.2) is 11.6 Å². The van der Waals surface area contributed by atoms with E-state index in [2.05, 4.69) is 4.74 Å². The van der Waals surface area contributed by atoms with E-state index in [-0.39, 0.29) is 23.6 Å². The van der Waals surface area contributed by atoms with Crippen molar-refractivity contribution < 1.29 is 18.3 Å². The van der Waals surface area contributed by atoms with Crippen LogP contribution >= 0.6 is 11.6 Å². The maximum Gasteiger partial charge on any atom is 0.310 e. The number of carbonyl (C=O) groups is 1. The Labute approximate surface area is 90.8 Å². The maximum atomic E-state index is 13.1. The molecule has 15 heavy (non-hydrogen) atoms. The van der Waals surface area contributed by atoms with E-state index in [9.17, 15) is 13.6 Å². The molecule has 0 spiro atoms. The van der Waals surface area contributed by atoms with Gasteiger partial charge in [0.1, 0.15) is 0 Å². The van der Waals surface area contributed by atoms with Crippen LogP contribution in [0.15, 0.2) is 12.1 Å². The molecule has 0 saturated heterocycles. The third-order valence-electron chi connectivity index (χ3n) is 1.71. The number of hydrogen-bond acceptors (Lipinski definition) is 2. The van der Waals surface area contributed by atoms with Crippen LogP contribution in [-0.2, 0) is 16.0 Å². The SMILES string of the molecule is CCOC(=O)Cc1cc(Cl)cc(F)c1F. The maximum absolute atomic E-state index is 13.1. The van der Waals surface area contributed by atoms with Crippen molar-refractivity contribution in [3.63, 3.8) is 0 Å². The van der Waals surface area contributed by atoms with Gasteiger partial charge in [-0.05, 0) is 19.1 Å². The van der Waals surface area contributed by atoms with E-state index >= 15 is 0 Å². The first kappa shape index (κ1) is 11.9. The zero-order valence-corrected chi connectivity index (χ0v) is 8.78. The summed E-state index contributed by atoms with van der Waals surface area (Å²) in [6, 6.07) is 2.06. The van der Waals surface area contributed by atoms with Crippen molar-refractivity contribution >= 4 is 17.6 Å². The van der Waals surface area contributed by atoms with E-state index in [1.165, 1.54) is 6.07 Å². The fourth-order valence-electron chi connectivity index (χ4n) is 1.11. The third-order valence-corrected chi connectivity index (χ3v) is 1.93. The van der Waals surface area contributed by atoms with Gasteiger partial charge in [0.05, 0.1) is 13.0 Å². The monoisotopic (exact) mass is 234 g/mol. The second-order valence-corrected chi connectivity index (χ2v) is 3.28. The normalized spacial score (nSPS) is 10.1. The van der Waals surface area contributed by atoms with Crippen LogP contribution in [0.25, 0.3) is 0 Å². The van der Waals surface area contributed by atoms with Gasteiger partial charge in [-0.25, -0.2) is 8.78 Å². The molecule has 0 aliphatic carbocycles. The van der Waals surface area contributed by atoms with Gasteiger partial charge in [0.25, 0.3) is 0 Å². The summed E-state index contributed by atoms with van der Waals surface area (Å²) in [6.07, 6.45) is -0.322. The molecule has 0 radical (unpaired) electrons. The molecule has 1 aromatic carbocycles. The average Bonchev–Trinajstić information content (AvgIpc) is 2.13. The fourth-order valence-corrected chi connectivity index (χ4v) is 1.33. The van der Waals surface area contributed by atoms with Gasteiger partial charge >= 0.3 is 5.97 Å². The zero-order chi connectivity index (χ0) is 11.4. The van der Waals surface area contributed by atoms with Crippen LogP contribution in [0.4, 0.5) is 8.78 Å². The molecule has 0 amide bonds. The minimum atomic E-state index is -1.07. The summed E-state index contributed by atoms with van der Waals surface area (Å²) in [5, 5.41) is 0.0493. The van der Waals surface area contributed by atoms with Crippen molar-refractivity contribution in [1.29, 1.82) is 0 Å². The molecule has 0 aliphatic rings. The molecule has 0 aliphatic heterocycles. The first-order valence-corrected chi connectivity index (χ1v) is 4.71. The third kappa shape index (κ3) is 3.16. The molecule has 1 rings (SSSR count). The summed E-state index contributed by atoms with van der Waals surface area (Å²) in [6.45, 7) is 1.83. The summed E-state index contributed by atoms with van der Waals surface area (Å²) in [7, 11) is 0. The lowest BCUT2D eigenvalue weighted by Gasteiger charge is -2.04. The van der Waals surface area contributed by atoms with Crippen LogP contribution in [-0.4, -0.2) is 12.6 Å². The van der Waals surface area contributed by atoms with Gasteiger partial charge in [-0.3, -0.25) is 4.79 Å². The lowest BCUT2D eigenvalue weighted by atomic mass is 10.1. The Bertz CT molecular complexity index is 380. The van der Waals surface area contributed by atoms with Gasteiger partial charge in [-0.15, -0.1) is 0 Å². The first-order chi connectivity index (χ1) is 7.04. The Morgan fingerprint density at radius 3 is 2.73 bits per heavy atom. The Morgan fingerprint density at radius 1 is 1.47 bits per heavy atom. The van der Waals surface area contributed by atoms with E-state index in [1.807, 2.05) is 0 Å². The molecule has 0 unspecified atom stereocenters. The van der Waals surface area contributed by atoms with Crippen LogP contribution in [0.1, 0.15) is 12.5 Å². The predicted octanol–water partition coefficient (Wildman–Crippen LogP) is 2.72. The Kier molecular flexibility index (Phi) is 4.03. The number of halogens is 3. The van der Waals surface area contributed by atoms with E-state index in [1.54, 1.807) is 6.92 Å². The average molecular weight is 235 g/mol. The molecule has 0 atom stereocenters. The zero-order valence-electron chi connectivity index (χ0n) is 8.02. The highest BCUT2D eigenvalue weighted by Gasteiger charge is 2.13. The van der Waals surface area contributed by atoms with E-state index in [4.69, 9.17) is 11.6 Å². The molecule has 0 aromatic heterocycles. The topological polar surface area (TPSA) is 26.3 Å². The van der Waals surface area contributed by atoms with Crippen molar-refractivity contribution in [2.45, 2.75) is 13.3 Å². The fraction of sp³-hybridized carbons (Fsp3) is 0.300. The van der Waals surface area contributed by atoms with Crippen molar-refractivity contribution in [1.82, 2.24) is 0 Å². The highest BCUT2D eigenvalue weighted by Crippen LogP contribution is 2.19. The summed E-state index contributed by atoms with van der Waals surface area (Å²) in [4.78, 5) is 11.0. The second kappa shape index (κ2) is 5.07. The molecule has 2 nitrogen and oxygen atoms in total. The number of hydrogen-bond donors (Lipinski definition) is 0. The second-order valence-electron chi connectivity index (χ2n) is 2.84. The van der Waals surface area contributed by atoms with Crippen LogP contribution in [0.2, 0.25) is 5.02 Å². The van der Waals surface area contributed by atoms with Crippen molar-refractivity contribution in [3.8, 4) is 0 Å². The van der Waals surface area contributed by atoms with Crippen LogP contribution in [0, 0.1) is 11.6 Å². The Hall–Kier alpha value is -1.16. The van der Waals surface area contributed by atoms with Crippen LogP contribution < -0.4 is 0 Å². The van der Waals surface area contributed by atoms with Crippen molar-refractivity contribution in [2.24, 2.45) is 0 Å². The summed E-state index contributed by atoms with van der Waals surface area (Å²) in [5.41, 5.74) is -0.0987. The summed E-state index contributed by atoms with van der Waals surface area (Å²) in [5.74, 6) is -2.74. The van der Waals surface area contributed by atoms with Crippen molar-refractivity contribution in [3.05, 3.63) is 34.4 Å². The molecule has 1 aromatic rings. The number of esters is 1. The first-order valence-electron chi connectivity index (χ1n) is 4.33. The van der Waals surface area contributed by atoms with E-state index in [0.29, 0.717) is 0 Å². The molecule has 0 saturated carbocycles. The highest BCUT2D eigenvalue weighted by molar-refractivity contribution is 6.30. The van der Waals surface area contributed by atoms with Gasteiger partial charge < -0.3 is 4.74 Å². The van der Waals surface area contributed by atoms with Gasteiger partial charge in [0.2, 0.25) is 0 Å². The minimum absolute atomic E-state index is 0.0493. The molecule has 82 valence electrons. The molecule has 0 N–H and O–H groups in total. The quantitative estimate of drug-likeness (QED) is 0.594. The lowest BCUT2D eigenvalue weighted by molar-refractivity contribution is -0.142. The smallest absolute Gasteiger partial charge is 0.310 e. The number of ether oxygens (including phenoxy) is 1. The van der Waals surface area contributed by atoms with Crippen molar-refractivity contribution in [2.75, 3.05) is 6.61 Å². The number of rotatable bonds is 3. The van der Waals surface area contributed by atoms with Crippen LogP contribution in [0.5, 0.6) is 0 Å². The molecular weight excluding hydrogens is 226 g/mol. The Morgan fingerprint density at radius 2 is 2.13 bits per heavy atom. The lowest BCUT2D eigenvalue weighted by Crippen LogP contribution is -2.09. The molecule has 0 bridgehead atoms. The van der Waals surface area contributed by atoms with Gasteiger partial charge in [-0.2, -0.15) is 0 Å². The summed E-state index contributed by atoms with van der Waals surface area (Å²) < 4.78 is 30.6. The summed E-state index contributed by atoms with van der Waals surface area (Å²) >= 11 is 5.52. The molecule has 5 heteroatoms. The molecular formula is C10H9ClF2O2. The minimum Gasteiger partial charge on any atom is -0.466 e. The standard InChI is InChI=1S/C10H9ClF2O2/c1-2-15-9(14)4-6-3-7(11)5-8(12)10(6)13/h3,5H,2,4H2,1H3.